The number of anilines is 1. The Morgan fingerprint density at radius 1 is 1.32 bits per heavy atom. The lowest BCUT2D eigenvalue weighted by Gasteiger charge is -2.04. The summed E-state index contributed by atoms with van der Waals surface area (Å²) < 4.78 is 1.29. The summed E-state index contributed by atoms with van der Waals surface area (Å²) in [5.41, 5.74) is 7.65. The van der Waals surface area contributed by atoms with Crippen LogP contribution in [0.1, 0.15) is 5.56 Å². The van der Waals surface area contributed by atoms with Crippen LogP contribution in [0.2, 0.25) is 0 Å². The fourth-order valence-corrected chi connectivity index (χ4v) is 2.58. The fraction of sp³-hybridized carbons (Fsp3) is 0.0833. The van der Waals surface area contributed by atoms with Crippen molar-refractivity contribution in [2.24, 2.45) is 0 Å². The third-order valence-corrected chi connectivity index (χ3v) is 3.76. The quantitative estimate of drug-likeness (QED) is 0.554. The zero-order valence-corrected chi connectivity index (χ0v) is 10.7. The van der Waals surface area contributed by atoms with E-state index in [1.165, 1.54) is 28.1 Å². The van der Waals surface area contributed by atoms with E-state index < -0.39 is 0 Å². The monoisotopic (exact) mass is 273 g/mol. The van der Waals surface area contributed by atoms with Crippen LogP contribution in [-0.4, -0.2) is 19.6 Å². The number of hydrogen-bond donors (Lipinski definition) is 2. The molecule has 2 heterocycles. The van der Waals surface area contributed by atoms with Gasteiger partial charge in [-0.05, 0) is 5.56 Å². The molecular weight excluding hydrogens is 262 g/mol. The van der Waals surface area contributed by atoms with Crippen molar-refractivity contribution in [1.82, 2.24) is 19.6 Å². The van der Waals surface area contributed by atoms with E-state index >= 15 is 0 Å². The first-order valence-electron chi connectivity index (χ1n) is 5.63. The van der Waals surface area contributed by atoms with Crippen LogP contribution in [0.5, 0.6) is 0 Å². The summed E-state index contributed by atoms with van der Waals surface area (Å²) in [6, 6.07) is 10.0. The van der Waals surface area contributed by atoms with Gasteiger partial charge in [-0.3, -0.25) is 0 Å². The Balaban J connectivity index is 1.89. The highest BCUT2D eigenvalue weighted by atomic mass is 32.2. The van der Waals surface area contributed by atoms with Crippen LogP contribution in [-0.2, 0) is 5.75 Å². The van der Waals surface area contributed by atoms with Gasteiger partial charge in [0.05, 0.1) is 0 Å². The standard InChI is InChI=1S/C12H11N5OS/c13-9-10-15-16-12(18)17(10)7-14-11(9)19-6-8-4-2-1-3-5-8/h1-5,7H,6,13H2,(H,16,18). The Morgan fingerprint density at radius 2 is 2.11 bits per heavy atom. The van der Waals surface area contributed by atoms with Gasteiger partial charge in [-0.1, -0.05) is 42.1 Å². The van der Waals surface area contributed by atoms with Crippen molar-refractivity contribution in [2.75, 3.05) is 5.73 Å². The van der Waals surface area contributed by atoms with E-state index in [4.69, 9.17) is 5.73 Å². The van der Waals surface area contributed by atoms with Crippen molar-refractivity contribution in [3.8, 4) is 0 Å². The molecule has 3 N–H and O–H groups in total. The van der Waals surface area contributed by atoms with Gasteiger partial charge >= 0.3 is 5.69 Å². The minimum atomic E-state index is -0.339. The summed E-state index contributed by atoms with van der Waals surface area (Å²) in [5.74, 6) is 0.767. The number of aromatic nitrogens is 4. The predicted octanol–water partition coefficient (Wildman–Crippen LogP) is 1.29. The molecule has 0 saturated carbocycles. The molecule has 0 fully saturated rings. The van der Waals surface area contributed by atoms with Gasteiger partial charge in [0.1, 0.15) is 17.0 Å². The Kier molecular flexibility index (Phi) is 2.96. The number of hydrogen-bond acceptors (Lipinski definition) is 5. The van der Waals surface area contributed by atoms with E-state index in [0.717, 1.165) is 5.75 Å². The molecule has 0 unspecified atom stereocenters. The van der Waals surface area contributed by atoms with E-state index in [9.17, 15) is 4.79 Å². The largest absolute Gasteiger partial charge is 0.393 e. The molecule has 19 heavy (non-hydrogen) atoms. The Hall–Kier alpha value is -2.28. The average molecular weight is 273 g/mol. The van der Waals surface area contributed by atoms with Gasteiger partial charge in [-0.15, -0.1) is 0 Å². The van der Waals surface area contributed by atoms with Gasteiger partial charge in [0, 0.05) is 5.75 Å². The molecule has 0 spiro atoms. The highest BCUT2D eigenvalue weighted by molar-refractivity contribution is 7.98. The number of fused-ring (bicyclic) bond motifs is 1. The molecule has 2 aromatic heterocycles. The SMILES string of the molecule is Nc1c(SCc2ccccc2)ncn2c(=O)[nH]nc12. The highest BCUT2D eigenvalue weighted by Crippen LogP contribution is 2.27. The fourth-order valence-electron chi connectivity index (χ4n) is 1.72. The molecule has 0 radical (unpaired) electrons. The van der Waals surface area contributed by atoms with Crippen LogP contribution in [0, 0.1) is 0 Å². The van der Waals surface area contributed by atoms with Crippen molar-refractivity contribution < 1.29 is 0 Å². The molecule has 0 aliphatic rings. The lowest BCUT2D eigenvalue weighted by Crippen LogP contribution is -2.10. The van der Waals surface area contributed by atoms with Crippen molar-refractivity contribution in [1.29, 1.82) is 0 Å². The summed E-state index contributed by atoms with van der Waals surface area (Å²) >= 11 is 1.52. The smallest absolute Gasteiger partial charge is 0.349 e. The average Bonchev–Trinajstić information content (AvgIpc) is 2.82. The first-order valence-corrected chi connectivity index (χ1v) is 6.62. The third-order valence-electron chi connectivity index (χ3n) is 2.68. The molecule has 0 aliphatic heterocycles. The van der Waals surface area contributed by atoms with Gasteiger partial charge in [-0.2, -0.15) is 5.10 Å². The van der Waals surface area contributed by atoms with Gasteiger partial charge in [-0.25, -0.2) is 19.3 Å². The number of aromatic amines is 1. The van der Waals surface area contributed by atoms with Gasteiger partial charge in [0.25, 0.3) is 0 Å². The van der Waals surface area contributed by atoms with Crippen molar-refractivity contribution in [3.63, 3.8) is 0 Å². The number of benzene rings is 1. The van der Waals surface area contributed by atoms with E-state index in [0.29, 0.717) is 16.4 Å². The minimum absolute atomic E-state index is 0.339. The van der Waals surface area contributed by atoms with Crippen molar-refractivity contribution in [3.05, 3.63) is 52.7 Å². The molecule has 0 atom stereocenters. The topological polar surface area (TPSA) is 89.1 Å². The van der Waals surface area contributed by atoms with Gasteiger partial charge in [0.15, 0.2) is 5.65 Å². The van der Waals surface area contributed by atoms with Crippen LogP contribution in [0.3, 0.4) is 0 Å². The van der Waals surface area contributed by atoms with Crippen molar-refractivity contribution >= 4 is 23.1 Å². The molecule has 6 nitrogen and oxygen atoms in total. The Labute approximate surface area is 112 Å². The number of thioether (sulfide) groups is 1. The molecule has 0 aliphatic carbocycles. The summed E-state index contributed by atoms with van der Waals surface area (Å²) in [6.07, 6.45) is 1.44. The summed E-state index contributed by atoms with van der Waals surface area (Å²) in [6.45, 7) is 0. The number of nitrogen functional groups attached to an aromatic ring is 1. The van der Waals surface area contributed by atoms with Crippen LogP contribution < -0.4 is 11.4 Å². The Morgan fingerprint density at radius 3 is 2.89 bits per heavy atom. The molecule has 0 saturated heterocycles. The molecular formula is C12H11N5OS. The number of H-pyrrole nitrogens is 1. The van der Waals surface area contributed by atoms with Gasteiger partial charge < -0.3 is 5.73 Å². The van der Waals surface area contributed by atoms with E-state index in [-0.39, 0.29) is 5.69 Å². The van der Waals surface area contributed by atoms with Gasteiger partial charge in [0.2, 0.25) is 0 Å². The second-order valence-electron chi connectivity index (χ2n) is 3.96. The lowest BCUT2D eigenvalue weighted by atomic mass is 10.2. The molecule has 1 aromatic carbocycles. The first kappa shape index (κ1) is 11.8. The normalized spacial score (nSPS) is 10.9. The molecule has 96 valence electrons. The van der Waals surface area contributed by atoms with Crippen LogP contribution in [0.15, 0.2) is 46.5 Å². The lowest BCUT2D eigenvalue weighted by molar-refractivity contribution is 0.967. The zero-order chi connectivity index (χ0) is 13.2. The predicted molar refractivity (Wildman–Crippen MR) is 74.0 cm³/mol. The maximum absolute atomic E-state index is 11.4. The zero-order valence-electron chi connectivity index (χ0n) is 9.91. The van der Waals surface area contributed by atoms with Crippen LogP contribution >= 0.6 is 11.8 Å². The van der Waals surface area contributed by atoms with Crippen LogP contribution in [0.4, 0.5) is 5.69 Å². The highest BCUT2D eigenvalue weighted by Gasteiger charge is 2.10. The molecule has 7 heteroatoms. The van der Waals surface area contributed by atoms with E-state index in [1.807, 2.05) is 30.3 Å². The molecule has 0 bridgehead atoms. The number of rotatable bonds is 3. The number of nitrogens with one attached hydrogen (secondary N) is 1. The minimum Gasteiger partial charge on any atom is -0.393 e. The third kappa shape index (κ3) is 2.19. The summed E-state index contributed by atoms with van der Waals surface area (Å²) in [7, 11) is 0. The molecule has 3 rings (SSSR count). The van der Waals surface area contributed by atoms with E-state index in [1.54, 1.807) is 0 Å². The first-order chi connectivity index (χ1) is 9.25. The molecule has 3 aromatic rings. The maximum atomic E-state index is 11.4. The van der Waals surface area contributed by atoms with Crippen molar-refractivity contribution in [2.45, 2.75) is 10.8 Å². The second-order valence-corrected chi connectivity index (χ2v) is 4.92. The number of nitrogens with zero attached hydrogens (tertiary/aromatic N) is 3. The van der Waals surface area contributed by atoms with Crippen LogP contribution in [0.25, 0.3) is 5.65 Å². The second kappa shape index (κ2) is 4.77. The maximum Gasteiger partial charge on any atom is 0.349 e. The summed E-state index contributed by atoms with van der Waals surface area (Å²) in [5, 5.41) is 6.90. The van der Waals surface area contributed by atoms with E-state index in [2.05, 4.69) is 15.2 Å². The number of nitrogens with two attached hydrogens (primary N) is 1. The summed E-state index contributed by atoms with van der Waals surface area (Å²) in [4.78, 5) is 15.6. The molecule has 0 amide bonds. The Bertz CT molecular complexity index is 765.